The van der Waals surface area contributed by atoms with Gasteiger partial charge >= 0.3 is 0 Å². The van der Waals surface area contributed by atoms with Crippen molar-refractivity contribution in [3.8, 4) is 5.75 Å². The van der Waals surface area contributed by atoms with Crippen molar-refractivity contribution >= 4 is 29.4 Å². The maximum atomic E-state index is 12.0. The summed E-state index contributed by atoms with van der Waals surface area (Å²) in [7, 11) is 1.62. The molecule has 1 amide bonds. The SMILES string of the molecule is COc1cccc(Nc2nc(NCCOCCOCCNC(=O)c3ccccc3)nc(NCCc3ccccc3)n2)c1. The van der Waals surface area contributed by atoms with E-state index in [4.69, 9.17) is 14.2 Å². The van der Waals surface area contributed by atoms with Crippen molar-refractivity contribution < 1.29 is 19.0 Å². The van der Waals surface area contributed by atoms with Crippen LogP contribution in [0.5, 0.6) is 5.75 Å². The highest BCUT2D eigenvalue weighted by Crippen LogP contribution is 2.20. The van der Waals surface area contributed by atoms with Gasteiger partial charge in [-0.25, -0.2) is 0 Å². The summed E-state index contributed by atoms with van der Waals surface area (Å²) in [5.41, 5.74) is 2.65. The van der Waals surface area contributed by atoms with Crippen LogP contribution in [-0.4, -0.2) is 74.0 Å². The number of aromatic nitrogens is 3. The summed E-state index contributed by atoms with van der Waals surface area (Å²) in [6, 6.07) is 26.9. The zero-order valence-corrected chi connectivity index (χ0v) is 23.7. The van der Waals surface area contributed by atoms with Crippen molar-refractivity contribution in [2.45, 2.75) is 6.42 Å². The van der Waals surface area contributed by atoms with Gasteiger partial charge in [0.05, 0.1) is 33.5 Å². The molecule has 0 atom stereocenters. The first-order chi connectivity index (χ1) is 20.7. The molecule has 4 aromatic rings. The van der Waals surface area contributed by atoms with Crippen molar-refractivity contribution in [2.75, 3.05) is 69.1 Å². The van der Waals surface area contributed by atoms with Gasteiger partial charge in [-0.1, -0.05) is 54.6 Å². The quantitative estimate of drug-likeness (QED) is 0.129. The Labute approximate surface area is 246 Å². The third-order valence-corrected chi connectivity index (χ3v) is 5.97. The lowest BCUT2D eigenvalue weighted by atomic mass is 10.1. The van der Waals surface area contributed by atoms with Crippen LogP contribution in [0.15, 0.2) is 84.9 Å². The molecule has 0 aliphatic carbocycles. The molecule has 0 aliphatic heterocycles. The Kier molecular flexibility index (Phi) is 12.3. The smallest absolute Gasteiger partial charge is 0.251 e. The van der Waals surface area contributed by atoms with E-state index in [9.17, 15) is 4.79 Å². The second kappa shape index (κ2) is 17.2. The van der Waals surface area contributed by atoms with Crippen molar-refractivity contribution in [1.29, 1.82) is 0 Å². The van der Waals surface area contributed by atoms with Crippen LogP contribution in [0.4, 0.5) is 23.5 Å². The van der Waals surface area contributed by atoms with Crippen molar-refractivity contribution in [3.63, 3.8) is 0 Å². The van der Waals surface area contributed by atoms with E-state index in [-0.39, 0.29) is 5.91 Å². The molecule has 11 nitrogen and oxygen atoms in total. The zero-order chi connectivity index (χ0) is 29.2. The van der Waals surface area contributed by atoms with E-state index in [1.165, 1.54) is 5.56 Å². The average molecular weight is 572 g/mol. The van der Waals surface area contributed by atoms with Crippen LogP contribution in [0.1, 0.15) is 15.9 Å². The first-order valence-corrected chi connectivity index (χ1v) is 13.9. The lowest BCUT2D eigenvalue weighted by Crippen LogP contribution is -2.27. The standard InChI is InChI=1S/C31H37N7O4/c1-40-27-14-8-13-26(23-27)35-31-37-29(33-16-15-24-9-4-2-5-10-24)36-30(38-31)34-18-20-42-22-21-41-19-17-32-28(39)25-11-6-3-7-12-25/h2-14,23H,15-22H2,1H3,(H,32,39)(H3,33,34,35,36,37,38). The van der Waals surface area contributed by atoms with Gasteiger partial charge in [0.2, 0.25) is 17.8 Å². The van der Waals surface area contributed by atoms with Gasteiger partial charge in [-0.15, -0.1) is 0 Å². The Morgan fingerprint density at radius 1 is 0.690 bits per heavy atom. The van der Waals surface area contributed by atoms with Crippen molar-refractivity contribution in [3.05, 3.63) is 96.1 Å². The third-order valence-electron chi connectivity index (χ3n) is 5.97. The Balaban J connectivity index is 1.19. The molecular weight excluding hydrogens is 534 g/mol. The van der Waals surface area contributed by atoms with E-state index in [1.807, 2.05) is 60.7 Å². The van der Waals surface area contributed by atoms with Gasteiger partial charge in [-0.2, -0.15) is 15.0 Å². The molecule has 42 heavy (non-hydrogen) atoms. The number of hydrogen-bond acceptors (Lipinski definition) is 10. The summed E-state index contributed by atoms with van der Waals surface area (Å²) in [6.45, 7) is 3.31. The van der Waals surface area contributed by atoms with E-state index >= 15 is 0 Å². The maximum Gasteiger partial charge on any atom is 0.251 e. The molecule has 4 rings (SSSR count). The van der Waals surface area contributed by atoms with Gasteiger partial charge in [-0.3, -0.25) is 4.79 Å². The molecule has 4 N–H and O–H groups in total. The Morgan fingerprint density at radius 3 is 2.05 bits per heavy atom. The number of rotatable bonds is 18. The molecule has 0 radical (unpaired) electrons. The predicted octanol–water partition coefficient (Wildman–Crippen LogP) is 4.15. The van der Waals surface area contributed by atoms with Crippen molar-refractivity contribution in [2.24, 2.45) is 0 Å². The molecule has 0 aliphatic rings. The topological polar surface area (TPSA) is 132 Å². The second-order valence-electron chi connectivity index (χ2n) is 9.10. The minimum absolute atomic E-state index is 0.115. The maximum absolute atomic E-state index is 12.0. The summed E-state index contributed by atoms with van der Waals surface area (Å²) in [6.07, 6.45) is 0.837. The van der Waals surface area contributed by atoms with Crippen LogP contribution >= 0.6 is 0 Å². The summed E-state index contributed by atoms with van der Waals surface area (Å²) in [5, 5.41) is 12.5. The fourth-order valence-electron chi connectivity index (χ4n) is 3.87. The Hall–Kier alpha value is -4.74. The average Bonchev–Trinajstić information content (AvgIpc) is 3.03. The fourth-order valence-corrected chi connectivity index (χ4v) is 3.87. The largest absolute Gasteiger partial charge is 0.497 e. The van der Waals surface area contributed by atoms with E-state index < -0.39 is 0 Å². The highest BCUT2D eigenvalue weighted by atomic mass is 16.5. The number of carbonyl (C=O) groups is 1. The van der Waals surface area contributed by atoms with E-state index in [0.717, 1.165) is 17.9 Å². The number of anilines is 4. The summed E-state index contributed by atoms with van der Waals surface area (Å²) in [5.74, 6) is 1.90. The number of methoxy groups -OCH3 is 1. The highest BCUT2D eigenvalue weighted by molar-refractivity contribution is 5.94. The van der Waals surface area contributed by atoms with Gasteiger partial charge in [0.15, 0.2) is 0 Å². The van der Waals surface area contributed by atoms with Gasteiger partial charge in [0, 0.05) is 37.0 Å². The normalized spacial score (nSPS) is 10.6. The molecule has 0 saturated carbocycles. The molecule has 3 aromatic carbocycles. The van der Waals surface area contributed by atoms with Gasteiger partial charge < -0.3 is 35.5 Å². The van der Waals surface area contributed by atoms with Crippen LogP contribution in [-0.2, 0) is 15.9 Å². The van der Waals surface area contributed by atoms with E-state index in [0.29, 0.717) is 69.5 Å². The number of nitrogens with zero attached hydrogens (tertiary/aromatic N) is 3. The van der Waals surface area contributed by atoms with Gasteiger partial charge in [0.25, 0.3) is 5.91 Å². The number of amides is 1. The molecule has 0 spiro atoms. The molecule has 0 saturated heterocycles. The molecule has 1 aromatic heterocycles. The predicted molar refractivity (Wildman–Crippen MR) is 164 cm³/mol. The number of benzene rings is 3. The first-order valence-electron chi connectivity index (χ1n) is 13.9. The molecule has 1 heterocycles. The first kappa shape index (κ1) is 30.2. The van der Waals surface area contributed by atoms with Gasteiger partial charge in [0.1, 0.15) is 5.75 Å². The van der Waals surface area contributed by atoms with Gasteiger partial charge in [-0.05, 0) is 36.2 Å². The van der Waals surface area contributed by atoms with Crippen LogP contribution < -0.4 is 26.0 Å². The van der Waals surface area contributed by atoms with Crippen LogP contribution in [0, 0.1) is 0 Å². The van der Waals surface area contributed by atoms with E-state index in [1.54, 1.807) is 19.2 Å². The molecular formula is C31H37N7O4. The number of carbonyl (C=O) groups excluding carboxylic acids is 1. The molecule has 0 unspecified atom stereocenters. The summed E-state index contributed by atoms with van der Waals surface area (Å²) < 4.78 is 16.5. The lowest BCUT2D eigenvalue weighted by molar-refractivity contribution is 0.0519. The third kappa shape index (κ3) is 10.7. The number of ether oxygens (including phenoxy) is 3. The van der Waals surface area contributed by atoms with Crippen molar-refractivity contribution in [1.82, 2.24) is 20.3 Å². The zero-order valence-electron chi connectivity index (χ0n) is 23.7. The molecule has 11 heteroatoms. The number of hydrogen-bond donors (Lipinski definition) is 4. The summed E-state index contributed by atoms with van der Waals surface area (Å²) >= 11 is 0. The van der Waals surface area contributed by atoms with Crippen LogP contribution in [0.25, 0.3) is 0 Å². The summed E-state index contributed by atoms with van der Waals surface area (Å²) in [4.78, 5) is 25.6. The molecule has 0 bridgehead atoms. The number of nitrogens with one attached hydrogen (secondary N) is 4. The van der Waals surface area contributed by atoms with Crippen LogP contribution in [0.2, 0.25) is 0 Å². The molecule has 220 valence electrons. The molecule has 0 fully saturated rings. The monoisotopic (exact) mass is 571 g/mol. The highest BCUT2D eigenvalue weighted by Gasteiger charge is 2.08. The second-order valence-corrected chi connectivity index (χ2v) is 9.10. The fraction of sp³-hybridized carbons (Fsp3) is 0.290. The Morgan fingerprint density at radius 2 is 1.33 bits per heavy atom. The lowest BCUT2D eigenvalue weighted by Gasteiger charge is -2.12. The van der Waals surface area contributed by atoms with E-state index in [2.05, 4.69) is 48.4 Å². The minimum Gasteiger partial charge on any atom is -0.497 e. The Bertz CT molecular complexity index is 1360. The van der Waals surface area contributed by atoms with Crippen LogP contribution in [0.3, 0.4) is 0 Å². The minimum atomic E-state index is -0.115.